The average molecular weight is 229 g/mol. The zero-order valence-electron chi connectivity index (χ0n) is 8.85. The molecule has 4 aliphatic carbocycles. The lowest BCUT2D eigenvalue weighted by Gasteiger charge is -2.62. The van der Waals surface area contributed by atoms with E-state index in [1.54, 1.807) is 0 Å². The van der Waals surface area contributed by atoms with Crippen molar-refractivity contribution in [3.63, 3.8) is 0 Å². The van der Waals surface area contributed by atoms with Gasteiger partial charge in [0.05, 0.1) is 16.8 Å². The fraction of sp³-hybridized carbons (Fsp3) is 1.00. The summed E-state index contributed by atoms with van der Waals surface area (Å²) in [4.78, 5) is 10.7. The van der Waals surface area contributed by atoms with E-state index >= 15 is 0 Å². The minimum Gasteiger partial charge on any atom is -0.389 e. The van der Waals surface area contributed by atoms with E-state index in [0.717, 1.165) is 0 Å². The van der Waals surface area contributed by atoms with Gasteiger partial charge in [-0.05, 0) is 0 Å². The van der Waals surface area contributed by atoms with E-state index in [2.05, 4.69) is 0 Å². The first kappa shape index (κ1) is 10.4. The van der Waals surface area contributed by atoms with Crippen LogP contribution in [-0.4, -0.2) is 42.6 Å². The van der Waals surface area contributed by atoms with E-state index < -0.39 is 27.3 Å². The van der Waals surface area contributed by atoms with Crippen molar-refractivity contribution in [3.8, 4) is 0 Å². The summed E-state index contributed by atoms with van der Waals surface area (Å²) in [6.45, 7) is 0. The summed E-state index contributed by atoms with van der Waals surface area (Å²) >= 11 is 0. The zero-order valence-corrected chi connectivity index (χ0v) is 8.85. The van der Waals surface area contributed by atoms with Crippen LogP contribution < -0.4 is 0 Å². The Bertz CT molecular complexity index is 328. The van der Waals surface area contributed by atoms with Gasteiger partial charge in [-0.3, -0.25) is 10.1 Å². The molecule has 0 aromatic heterocycles. The second kappa shape index (κ2) is 2.42. The highest BCUT2D eigenvalue weighted by Gasteiger charge is 2.73. The standard InChI is InChI=1S/C10H15NO5/c12-8-1-7(11(15)16)2-9(13,4-8)6-10(14,3-7)5-8/h12-14H,1-6H2. The monoisotopic (exact) mass is 229 g/mol. The number of rotatable bonds is 1. The summed E-state index contributed by atoms with van der Waals surface area (Å²) in [6, 6.07) is 0. The van der Waals surface area contributed by atoms with Crippen molar-refractivity contribution in [2.45, 2.75) is 60.9 Å². The molecule has 4 fully saturated rings. The molecule has 0 saturated heterocycles. The van der Waals surface area contributed by atoms with Crippen molar-refractivity contribution in [2.24, 2.45) is 0 Å². The van der Waals surface area contributed by atoms with Gasteiger partial charge in [-0.1, -0.05) is 0 Å². The molecular formula is C10H15NO5. The van der Waals surface area contributed by atoms with Crippen LogP contribution in [0, 0.1) is 10.1 Å². The molecule has 0 radical (unpaired) electrons. The highest BCUT2D eigenvalue weighted by molar-refractivity contribution is 5.20. The lowest BCUT2D eigenvalue weighted by Crippen LogP contribution is -2.73. The predicted octanol–water partition coefficient (Wildman–Crippen LogP) is -0.423. The van der Waals surface area contributed by atoms with Crippen LogP contribution in [0.25, 0.3) is 0 Å². The van der Waals surface area contributed by atoms with E-state index in [0.29, 0.717) is 0 Å². The highest BCUT2D eigenvalue weighted by Crippen LogP contribution is 2.61. The Kier molecular flexibility index (Phi) is 1.58. The summed E-state index contributed by atoms with van der Waals surface area (Å²) in [5, 5.41) is 41.8. The van der Waals surface area contributed by atoms with Gasteiger partial charge in [-0.15, -0.1) is 0 Å². The van der Waals surface area contributed by atoms with Crippen molar-refractivity contribution in [1.29, 1.82) is 0 Å². The molecule has 0 aromatic rings. The third kappa shape index (κ3) is 1.18. The molecule has 0 spiro atoms. The molecule has 16 heavy (non-hydrogen) atoms. The van der Waals surface area contributed by atoms with Crippen molar-refractivity contribution >= 4 is 0 Å². The van der Waals surface area contributed by atoms with Gasteiger partial charge in [0.1, 0.15) is 0 Å². The Morgan fingerprint density at radius 1 is 0.812 bits per heavy atom. The lowest BCUT2D eigenvalue weighted by molar-refractivity contribution is -0.601. The molecule has 4 aliphatic rings. The highest BCUT2D eigenvalue weighted by atomic mass is 16.6. The first-order valence-corrected chi connectivity index (χ1v) is 5.50. The first-order chi connectivity index (χ1) is 7.19. The summed E-state index contributed by atoms with van der Waals surface area (Å²) in [6.07, 6.45) is 0.612. The fourth-order valence-electron chi connectivity index (χ4n) is 4.62. The van der Waals surface area contributed by atoms with E-state index in [4.69, 9.17) is 0 Å². The minimum atomic E-state index is -1.34. The van der Waals surface area contributed by atoms with Gasteiger partial charge >= 0.3 is 0 Å². The Balaban J connectivity index is 2.11. The van der Waals surface area contributed by atoms with E-state index in [-0.39, 0.29) is 38.5 Å². The topological polar surface area (TPSA) is 104 Å². The number of nitrogens with zero attached hydrogens (tertiary/aromatic N) is 1. The smallest absolute Gasteiger partial charge is 0.230 e. The number of hydrogen-bond acceptors (Lipinski definition) is 5. The van der Waals surface area contributed by atoms with Gasteiger partial charge < -0.3 is 15.3 Å². The van der Waals surface area contributed by atoms with Crippen LogP contribution in [0.5, 0.6) is 0 Å². The van der Waals surface area contributed by atoms with Crippen molar-refractivity contribution in [1.82, 2.24) is 0 Å². The van der Waals surface area contributed by atoms with Crippen LogP contribution in [0.15, 0.2) is 0 Å². The molecule has 0 amide bonds. The van der Waals surface area contributed by atoms with Gasteiger partial charge in [0.15, 0.2) is 0 Å². The van der Waals surface area contributed by atoms with Crippen LogP contribution >= 0.6 is 0 Å². The van der Waals surface area contributed by atoms with Crippen LogP contribution in [-0.2, 0) is 0 Å². The molecule has 0 aromatic carbocycles. The largest absolute Gasteiger partial charge is 0.389 e. The summed E-state index contributed by atoms with van der Waals surface area (Å²) in [5.74, 6) is 0. The van der Waals surface area contributed by atoms with Gasteiger partial charge in [0.25, 0.3) is 0 Å². The third-order valence-electron chi connectivity index (χ3n) is 4.34. The molecule has 4 rings (SSSR count). The first-order valence-electron chi connectivity index (χ1n) is 5.50. The molecule has 3 N–H and O–H groups in total. The zero-order chi connectivity index (χ0) is 11.8. The molecular weight excluding hydrogens is 214 g/mol. The second-order valence-electron chi connectivity index (χ2n) is 6.22. The maximum Gasteiger partial charge on any atom is 0.230 e. The number of hydrogen-bond donors (Lipinski definition) is 3. The van der Waals surface area contributed by atoms with Crippen LogP contribution in [0.3, 0.4) is 0 Å². The molecule has 4 bridgehead atoms. The minimum absolute atomic E-state index is 0.0532. The third-order valence-corrected chi connectivity index (χ3v) is 4.34. The maximum atomic E-state index is 11.2. The molecule has 0 unspecified atom stereocenters. The molecule has 0 heterocycles. The van der Waals surface area contributed by atoms with Crippen LogP contribution in [0.1, 0.15) is 38.5 Å². The van der Waals surface area contributed by atoms with Crippen LogP contribution in [0.4, 0.5) is 0 Å². The molecule has 4 saturated carbocycles. The fourth-order valence-corrected chi connectivity index (χ4v) is 4.62. The Labute approximate surface area is 92.0 Å². The quantitative estimate of drug-likeness (QED) is 0.418. The molecule has 0 atom stereocenters. The van der Waals surface area contributed by atoms with Crippen molar-refractivity contribution < 1.29 is 20.2 Å². The number of aliphatic hydroxyl groups is 3. The van der Waals surface area contributed by atoms with Gasteiger partial charge in [-0.2, -0.15) is 0 Å². The Morgan fingerprint density at radius 3 is 1.38 bits per heavy atom. The predicted molar refractivity (Wildman–Crippen MR) is 52.3 cm³/mol. The van der Waals surface area contributed by atoms with E-state index in [1.165, 1.54) is 0 Å². The van der Waals surface area contributed by atoms with Gasteiger partial charge in [0.2, 0.25) is 5.54 Å². The van der Waals surface area contributed by atoms with E-state index in [1.807, 2.05) is 0 Å². The normalized spacial score (nSPS) is 58.9. The average Bonchev–Trinajstić information content (AvgIpc) is 1.92. The summed E-state index contributed by atoms with van der Waals surface area (Å²) < 4.78 is 0. The van der Waals surface area contributed by atoms with Gasteiger partial charge in [-0.25, -0.2) is 0 Å². The van der Waals surface area contributed by atoms with Crippen molar-refractivity contribution in [3.05, 3.63) is 10.1 Å². The Morgan fingerprint density at radius 2 is 1.12 bits per heavy atom. The SMILES string of the molecule is O=[N+]([O-])C12CC3(O)CC(O)(CC(O)(C3)C1)C2. The molecule has 6 nitrogen and oxygen atoms in total. The maximum absolute atomic E-state index is 11.2. The van der Waals surface area contributed by atoms with Gasteiger partial charge in [0, 0.05) is 43.4 Å². The molecule has 6 heteroatoms. The number of nitro groups is 1. The van der Waals surface area contributed by atoms with Crippen molar-refractivity contribution in [2.75, 3.05) is 0 Å². The molecule has 0 aliphatic heterocycles. The second-order valence-corrected chi connectivity index (χ2v) is 6.22. The van der Waals surface area contributed by atoms with Crippen LogP contribution in [0.2, 0.25) is 0 Å². The molecule has 90 valence electrons. The Hall–Kier alpha value is -0.720. The van der Waals surface area contributed by atoms with E-state index in [9.17, 15) is 25.4 Å². The summed E-state index contributed by atoms with van der Waals surface area (Å²) in [5.41, 5.74) is -5.16. The lowest BCUT2D eigenvalue weighted by atomic mass is 9.47. The summed E-state index contributed by atoms with van der Waals surface area (Å²) in [7, 11) is 0.